The number of fused-ring (bicyclic) bond motifs is 1. The smallest absolute Gasteiger partial charge is 0.0837 e. The first kappa shape index (κ1) is 17.0. The van der Waals surface area contributed by atoms with Crippen molar-refractivity contribution in [2.75, 3.05) is 5.01 Å². The summed E-state index contributed by atoms with van der Waals surface area (Å²) >= 11 is 6.08. The maximum atomic E-state index is 6.08. The van der Waals surface area contributed by atoms with Gasteiger partial charge in [-0.3, -0.25) is 5.01 Å². The lowest BCUT2D eigenvalue weighted by Crippen LogP contribution is -2.18. The number of para-hydroxylation sites is 1. The van der Waals surface area contributed by atoms with E-state index in [1.807, 2.05) is 18.2 Å². The molecule has 0 saturated heterocycles. The highest BCUT2D eigenvalue weighted by Gasteiger charge is 2.30. The lowest BCUT2D eigenvalue weighted by atomic mass is 9.94. The maximum absolute atomic E-state index is 6.08. The first-order valence-corrected chi connectivity index (χ1v) is 9.83. The van der Waals surface area contributed by atoms with Crippen LogP contribution >= 0.6 is 11.6 Å². The van der Waals surface area contributed by atoms with Crippen LogP contribution in [-0.4, -0.2) is 5.71 Å². The van der Waals surface area contributed by atoms with Crippen LogP contribution in [0.1, 0.15) is 23.6 Å². The molecule has 4 aromatic rings. The fourth-order valence-corrected chi connectivity index (χ4v) is 4.06. The Bertz CT molecular complexity index is 1140. The molecule has 2 nitrogen and oxygen atoms in total. The molecule has 0 aromatic heterocycles. The van der Waals surface area contributed by atoms with Gasteiger partial charge in [-0.1, -0.05) is 84.4 Å². The first-order chi connectivity index (χ1) is 13.8. The Morgan fingerprint density at radius 2 is 1.46 bits per heavy atom. The monoisotopic (exact) mass is 382 g/mol. The van der Waals surface area contributed by atoms with Crippen molar-refractivity contribution >= 4 is 33.8 Å². The van der Waals surface area contributed by atoms with Crippen molar-refractivity contribution in [3.05, 3.63) is 113 Å². The predicted molar refractivity (Wildman–Crippen MR) is 118 cm³/mol. The van der Waals surface area contributed by atoms with Gasteiger partial charge in [-0.15, -0.1) is 0 Å². The van der Waals surface area contributed by atoms with Gasteiger partial charge in [0.05, 0.1) is 17.4 Å². The second kappa shape index (κ2) is 7.14. The van der Waals surface area contributed by atoms with Gasteiger partial charge < -0.3 is 0 Å². The van der Waals surface area contributed by atoms with Gasteiger partial charge in [0, 0.05) is 11.4 Å². The van der Waals surface area contributed by atoms with Crippen molar-refractivity contribution in [1.29, 1.82) is 0 Å². The Balaban J connectivity index is 1.63. The standard InChI is InChI=1S/C25H19ClN2/c26-20-15-13-19(14-16-20)24-17-25(28(27-24)21-9-2-1-3-10-21)23-12-6-8-18-7-4-5-11-22(18)23/h1-16,25H,17H2. The zero-order valence-electron chi connectivity index (χ0n) is 15.3. The van der Waals surface area contributed by atoms with Gasteiger partial charge in [-0.2, -0.15) is 5.10 Å². The molecule has 3 heteroatoms. The molecule has 0 bridgehead atoms. The van der Waals surface area contributed by atoms with Crippen molar-refractivity contribution in [2.45, 2.75) is 12.5 Å². The number of hydrazone groups is 1. The quantitative estimate of drug-likeness (QED) is 0.378. The van der Waals surface area contributed by atoms with Crippen LogP contribution in [0, 0.1) is 0 Å². The summed E-state index contributed by atoms with van der Waals surface area (Å²) in [5.74, 6) is 0. The van der Waals surface area contributed by atoms with Crippen molar-refractivity contribution in [3.63, 3.8) is 0 Å². The van der Waals surface area contributed by atoms with Crippen LogP contribution in [0.2, 0.25) is 5.02 Å². The molecule has 1 heterocycles. The molecular weight excluding hydrogens is 364 g/mol. The summed E-state index contributed by atoms with van der Waals surface area (Å²) in [5.41, 5.74) is 4.60. The Morgan fingerprint density at radius 3 is 2.29 bits per heavy atom. The maximum Gasteiger partial charge on any atom is 0.0837 e. The second-order valence-corrected chi connectivity index (χ2v) is 7.46. The number of hydrogen-bond acceptors (Lipinski definition) is 2. The van der Waals surface area contributed by atoms with E-state index in [2.05, 4.69) is 83.9 Å². The van der Waals surface area contributed by atoms with E-state index in [0.29, 0.717) is 0 Å². The third-order valence-corrected chi connectivity index (χ3v) is 5.54. The molecule has 1 atom stereocenters. The molecule has 0 amide bonds. The van der Waals surface area contributed by atoms with Gasteiger partial charge in [-0.05, 0) is 46.2 Å². The van der Waals surface area contributed by atoms with Crippen molar-refractivity contribution in [1.82, 2.24) is 0 Å². The van der Waals surface area contributed by atoms with Crippen LogP contribution in [0.5, 0.6) is 0 Å². The van der Waals surface area contributed by atoms with Crippen LogP contribution < -0.4 is 5.01 Å². The van der Waals surface area contributed by atoms with Gasteiger partial charge in [-0.25, -0.2) is 0 Å². The highest BCUT2D eigenvalue weighted by atomic mass is 35.5. The van der Waals surface area contributed by atoms with Crippen molar-refractivity contribution in [3.8, 4) is 0 Å². The number of nitrogens with zero attached hydrogens (tertiary/aromatic N) is 2. The average molecular weight is 383 g/mol. The summed E-state index contributed by atoms with van der Waals surface area (Å²) in [6.45, 7) is 0. The van der Waals surface area contributed by atoms with Crippen molar-refractivity contribution < 1.29 is 0 Å². The third kappa shape index (κ3) is 3.06. The molecule has 28 heavy (non-hydrogen) atoms. The normalized spacial score (nSPS) is 16.4. The summed E-state index contributed by atoms with van der Waals surface area (Å²) in [6, 6.07) is 33.6. The predicted octanol–water partition coefficient (Wildman–Crippen LogP) is 6.85. The van der Waals surface area contributed by atoms with Gasteiger partial charge in [0.15, 0.2) is 0 Å². The summed E-state index contributed by atoms with van der Waals surface area (Å²) in [6.07, 6.45) is 0.852. The van der Waals surface area contributed by atoms with E-state index >= 15 is 0 Å². The minimum Gasteiger partial charge on any atom is -0.257 e. The lowest BCUT2D eigenvalue weighted by molar-refractivity contribution is 0.714. The van der Waals surface area contributed by atoms with E-state index in [0.717, 1.165) is 28.4 Å². The number of rotatable bonds is 3. The van der Waals surface area contributed by atoms with E-state index in [1.54, 1.807) is 0 Å². The van der Waals surface area contributed by atoms with Gasteiger partial charge in [0.25, 0.3) is 0 Å². The lowest BCUT2D eigenvalue weighted by Gasteiger charge is -2.25. The number of benzene rings is 4. The molecule has 0 aliphatic carbocycles. The zero-order chi connectivity index (χ0) is 18.9. The summed E-state index contributed by atoms with van der Waals surface area (Å²) in [4.78, 5) is 0. The Morgan fingerprint density at radius 1 is 0.750 bits per heavy atom. The molecule has 1 unspecified atom stereocenters. The molecule has 136 valence electrons. The molecule has 0 N–H and O–H groups in total. The fraction of sp³-hybridized carbons (Fsp3) is 0.0800. The Kier molecular flexibility index (Phi) is 4.34. The first-order valence-electron chi connectivity index (χ1n) is 9.45. The number of hydrogen-bond donors (Lipinski definition) is 0. The van der Waals surface area contributed by atoms with E-state index in [4.69, 9.17) is 16.7 Å². The van der Waals surface area contributed by atoms with Crippen LogP contribution in [0.15, 0.2) is 102 Å². The minimum atomic E-state index is 0.152. The van der Waals surface area contributed by atoms with Gasteiger partial charge >= 0.3 is 0 Å². The third-order valence-electron chi connectivity index (χ3n) is 5.29. The summed E-state index contributed by atoms with van der Waals surface area (Å²) in [7, 11) is 0. The SMILES string of the molecule is Clc1ccc(C2=NN(c3ccccc3)C(c3cccc4ccccc34)C2)cc1. The minimum absolute atomic E-state index is 0.152. The van der Waals surface area contributed by atoms with Crippen LogP contribution in [-0.2, 0) is 0 Å². The van der Waals surface area contributed by atoms with E-state index < -0.39 is 0 Å². The zero-order valence-corrected chi connectivity index (χ0v) is 16.1. The molecular formula is C25H19ClN2. The molecule has 0 radical (unpaired) electrons. The number of halogens is 1. The van der Waals surface area contributed by atoms with Crippen molar-refractivity contribution in [2.24, 2.45) is 5.10 Å². The highest BCUT2D eigenvalue weighted by molar-refractivity contribution is 6.30. The second-order valence-electron chi connectivity index (χ2n) is 7.02. The fourth-order valence-electron chi connectivity index (χ4n) is 3.93. The molecule has 1 aliphatic heterocycles. The molecule has 0 saturated carbocycles. The van der Waals surface area contributed by atoms with Gasteiger partial charge in [0.2, 0.25) is 0 Å². The molecule has 5 rings (SSSR count). The molecule has 4 aromatic carbocycles. The van der Waals surface area contributed by atoms with E-state index in [1.165, 1.54) is 16.3 Å². The van der Waals surface area contributed by atoms with E-state index in [-0.39, 0.29) is 6.04 Å². The summed E-state index contributed by atoms with van der Waals surface area (Å²) < 4.78 is 0. The highest BCUT2D eigenvalue weighted by Crippen LogP contribution is 2.39. The van der Waals surface area contributed by atoms with E-state index in [9.17, 15) is 0 Å². The van der Waals surface area contributed by atoms with Gasteiger partial charge in [0.1, 0.15) is 0 Å². The van der Waals surface area contributed by atoms with Crippen LogP contribution in [0.4, 0.5) is 5.69 Å². The summed E-state index contributed by atoms with van der Waals surface area (Å²) in [5, 5.41) is 10.5. The largest absolute Gasteiger partial charge is 0.257 e. The average Bonchev–Trinajstić information content (AvgIpc) is 3.20. The Labute approximate surface area is 169 Å². The molecule has 1 aliphatic rings. The van der Waals surface area contributed by atoms with Crippen LogP contribution in [0.25, 0.3) is 10.8 Å². The van der Waals surface area contributed by atoms with Crippen LogP contribution in [0.3, 0.4) is 0 Å². The topological polar surface area (TPSA) is 15.6 Å². The molecule has 0 fully saturated rings. The number of anilines is 1. The Hall–Kier alpha value is -3.10. The molecule has 0 spiro atoms.